The first-order valence-corrected chi connectivity index (χ1v) is 5.57. The van der Waals surface area contributed by atoms with Gasteiger partial charge in [0.15, 0.2) is 0 Å². The maximum absolute atomic E-state index is 2.21. The molecule has 0 N–H and O–H groups in total. The van der Waals surface area contributed by atoms with Crippen molar-refractivity contribution in [2.24, 2.45) is 0 Å². The number of nitrogens with zero attached hydrogens (tertiary/aromatic N) is 1. The third kappa shape index (κ3) is 3.83. The highest BCUT2D eigenvalue weighted by atomic mass is 32.2. The molecule has 1 rings (SSSR count). The lowest BCUT2D eigenvalue weighted by Gasteiger charge is -2.09. The Bertz CT molecular complexity index is 241. The van der Waals surface area contributed by atoms with Crippen LogP contribution in [0.15, 0.2) is 29.2 Å². The number of benzene rings is 1. The fourth-order valence-corrected chi connectivity index (χ4v) is 1.88. The number of thioether (sulfide) groups is 1. The van der Waals surface area contributed by atoms with Gasteiger partial charge < -0.3 is 4.90 Å². The first-order chi connectivity index (χ1) is 6.22. The Morgan fingerprint density at radius 3 is 2.23 bits per heavy atom. The summed E-state index contributed by atoms with van der Waals surface area (Å²) in [6.07, 6.45) is 0. The van der Waals surface area contributed by atoms with Crippen molar-refractivity contribution in [3.05, 3.63) is 29.8 Å². The van der Waals surface area contributed by atoms with Gasteiger partial charge in [-0.05, 0) is 37.5 Å². The molecule has 72 valence electrons. The standard InChI is InChI=1S/C11H17NS/c1-4-13-11-7-5-10(6-8-11)9-12(2)3/h5-8H,4,9H2,1-3H3. The fraction of sp³-hybridized carbons (Fsp3) is 0.455. The summed E-state index contributed by atoms with van der Waals surface area (Å²) in [6, 6.07) is 8.82. The second-order valence-corrected chi connectivity index (χ2v) is 4.65. The van der Waals surface area contributed by atoms with Gasteiger partial charge in [-0.25, -0.2) is 0 Å². The van der Waals surface area contributed by atoms with Crippen molar-refractivity contribution in [3.8, 4) is 0 Å². The van der Waals surface area contributed by atoms with Crippen molar-refractivity contribution in [3.63, 3.8) is 0 Å². The normalized spacial score (nSPS) is 10.8. The Kier molecular flexibility index (Phi) is 4.33. The van der Waals surface area contributed by atoms with Crippen LogP contribution in [0.1, 0.15) is 12.5 Å². The fourth-order valence-electron chi connectivity index (χ4n) is 1.22. The molecule has 0 aromatic heterocycles. The second-order valence-electron chi connectivity index (χ2n) is 3.31. The summed E-state index contributed by atoms with van der Waals surface area (Å²) in [4.78, 5) is 3.55. The molecule has 1 aromatic rings. The first-order valence-electron chi connectivity index (χ1n) is 4.59. The minimum absolute atomic E-state index is 1.02. The maximum Gasteiger partial charge on any atom is 0.0227 e. The Morgan fingerprint density at radius 1 is 1.15 bits per heavy atom. The Hall–Kier alpha value is -0.470. The Labute approximate surface area is 85.1 Å². The van der Waals surface area contributed by atoms with E-state index >= 15 is 0 Å². The third-order valence-corrected chi connectivity index (χ3v) is 2.63. The van der Waals surface area contributed by atoms with E-state index in [1.807, 2.05) is 11.8 Å². The molecule has 1 aromatic carbocycles. The lowest BCUT2D eigenvalue weighted by Crippen LogP contribution is -2.10. The molecule has 1 nitrogen and oxygen atoms in total. The average molecular weight is 195 g/mol. The molecule has 13 heavy (non-hydrogen) atoms. The third-order valence-electron chi connectivity index (χ3n) is 1.73. The summed E-state index contributed by atoms with van der Waals surface area (Å²) in [7, 11) is 4.18. The van der Waals surface area contributed by atoms with Crippen LogP contribution < -0.4 is 0 Å². The predicted octanol–water partition coefficient (Wildman–Crippen LogP) is 2.86. The molecule has 0 fully saturated rings. The van der Waals surface area contributed by atoms with Gasteiger partial charge in [0.1, 0.15) is 0 Å². The molecule has 2 heteroatoms. The largest absolute Gasteiger partial charge is 0.305 e. The zero-order chi connectivity index (χ0) is 9.68. The molecule has 0 aliphatic heterocycles. The summed E-state index contributed by atoms with van der Waals surface area (Å²) >= 11 is 1.89. The van der Waals surface area contributed by atoms with Crippen molar-refractivity contribution >= 4 is 11.8 Å². The Morgan fingerprint density at radius 2 is 1.77 bits per heavy atom. The highest BCUT2D eigenvalue weighted by Crippen LogP contribution is 2.17. The van der Waals surface area contributed by atoms with Crippen LogP contribution in [0, 0.1) is 0 Å². The van der Waals surface area contributed by atoms with E-state index in [1.165, 1.54) is 10.5 Å². The van der Waals surface area contributed by atoms with E-state index in [2.05, 4.69) is 50.2 Å². The number of hydrogen-bond acceptors (Lipinski definition) is 2. The molecule has 0 heterocycles. The van der Waals surface area contributed by atoms with Crippen molar-refractivity contribution in [2.75, 3.05) is 19.8 Å². The van der Waals surface area contributed by atoms with E-state index in [0.29, 0.717) is 0 Å². The van der Waals surface area contributed by atoms with E-state index in [1.54, 1.807) is 0 Å². The quantitative estimate of drug-likeness (QED) is 0.680. The van der Waals surface area contributed by atoms with Crippen LogP contribution in [0.25, 0.3) is 0 Å². The molecule has 0 aliphatic carbocycles. The molecular weight excluding hydrogens is 178 g/mol. The SMILES string of the molecule is CCSc1ccc(CN(C)C)cc1. The second kappa shape index (κ2) is 5.30. The molecule has 0 saturated heterocycles. The molecule has 0 aliphatic rings. The highest BCUT2D eigenvalue weighted by Gasteiger charge is 1.95. The van der Waals surface area contributed by atoms with Crippen LogP contribution in [-0.4, -0.2) is 24.7 Å². The molecule has 0 saturated carbocycles. The lowest BCUT2D eigenvalue weighted by atomic mass is 10.2. The number of rotatable bonds is 4. The van der Waals surface area contributed by atoms with E-state index in [9.17, 15) is 0 Å². The van der Waals surface area contributed by atoms with Gasteiger partial charge in [-0.3, -0.25) is 0 Å². The van der Waals surface area contributed by atoms with Crippen LogP contribution in [0.2, 0.25) is 0 Å². The Balaban J connectivity index is 2.59. The zero-order valence-corrected chi connectivity index (χ0v) is 9.40. The minimum atomic E-state index is 1.02. The van der Waals surface area contributed by atoms with Crippen molar-refractivity contribution < 1.29 is 0 Å². The van der Waals surface area contributed by atoms with Crippen molar-refractivity contribution in [1.82, 2.24) is 4.90 Å². The van der Waals surface area contributed by atoms with E-state index in [4.69, 9.17) is 0 Å². The topological polar surface area (TPSA) is 3.24 Å². The van der Waals surface area contributed by atoms with Gasteiger partial charge in [-0.2, -0.15) is 0 Å². The molecule has 0 unspecified atom stereocenters. The zero-order valence-electron chi connectivity index (χ0n) is 8.58. The average Bonchev–Trinajstić information content (AvgIpc) is 2.08. The highest BCUT2D eigenvalue weighted by molar-refractivity contribution is 7.99. The first kappa shape index (κ1) is 10.6. The van der Waals surface area contributed by atoms with Crippen molar-refractivity contribution in [2.45, 2.75) is 18.4 Å². The molecular formula is C11H17NS. The smallest absolute Gasteiger partial charge is 0.0227 e. The minimum Gasteiger partial charge on any atom is -0.305 e. The summed E-state index contributed by atoms with van der Waals surface area (Å²) in [6.45, 7) is 3.20. The van der Waals surface area contributed by atoms with Crippen LogP contribution in [-0.2, 0) is 6.54 Å². The van der Waals surface area contributed by atoms with Gasteiger partial charge in [-0.1, -0.05) is 19.1 Å². The number of hydrogen-bond donors (Lipinski definition) is 0. The van der Waals surface area contributed by atoms with E-state index in [-0.39, 0.29) is 0 Å². The van der Waals surface area contributed by atoms with Crippen LogP contribution in [0.4, 0.5) is 0 Å². The maximum atomic E-state index is 2.21. The summed E-state index contributed by atoms with van der Waals surface area (Å²) < 4.78 is 0. The van der Waals surface area contributed by atoms with Crippen LogP contribution in [0.5, 0.6) is 0 Å². The van der Waals surface area contributed by atoms with Crippen LogP contribution >= 0.6 is 11.8 Å². The summed E-state index contributed by atoms with van der Waals surface area (Å²) in [5.74, 6) is 1.15. The van der Waals surface area contributed by atoms with E-state index in [0.717, 1.165) is 12.3 Å². The van der Waals surface area contributed by atoms with E-state index < -0.39 is 0 Å². The molecule has 0 bridgehead atoms. The molecule has 0 radical (unpaired) electrons. The molecule has 0 spiro atoms. The van der Waals surface area contributed by atoms with Crippen LogP contribution in [0.3, 0.4) is 0 Å². The van der Waals surface area contributed by atoms with Gasteiger partial charge in [0.25, 0.3) is 0 Å². The summed E-state index contributed by atoms with van der Waals surface area (Å²) in [5.41, 5.74) is 1.38. The van der Waals surface area contributed by atoms with Gasteiger partial charge in [0.2, 0.25) is 0 Å². The molecule has 0 atom stereocenters. The van der Waals surface area contributed by atoms with Gasteiger partial charge in [0.05, 0.1) is 0 Å². The van der Waals surface area contributed by atoms with Gasteiger partial charge in [0, 0.05) is 11.4 Å². The monoisotopic (exact) mass is 195 g/mol. The summed E-state index contributed by atoms with van der Waals surface area (Å²) in [5, 5.41) is 0. The van der Waals surface area contributed by atoms with Gasteiger partial charge >= 0.3 is 0 Å². The predicted molar refractivity (Wildman–Crippen MR) is 60.2 cm³/mol. The van der Waals surface area contributed by atoms with Gasteiger partial charge in [-0.15, -0.1) is 11.8 Å². The van der Waals surface area contributed by atoms with Crippen molar-refractivity contribution in [1.29, 1.82) is 0 Å². The molecule has 0 amide bonds. The lowest BCUT2D eigenvalue weighted by molar-refractivity contribution is 0.402.